The van der Waals surface area contributed by atoms with E-state index in [9.17, 15) is 4.79 Å². The van der Waals surface area contributed by atoms with Crippen LogP contribution in [-0.2, 0) is 6.54 Å². The number of carbonyl (C=O) groups is 1. The summed E-state index contributed by atoms with van der Waals surface area (Å²) in [6, 6.07) is 8.93. The summed E-state index contributed by atoms with van der Waals surface area (Å²) >= 11 is 12.3. The van der Waals surface area contributed by atoms with Crippen LogP contribution in [0.25, 0.3) is 11.3 Å². The number of pyridine rings is 1. The Hall–Kier alpha value is -2.98. The monoisotopic (exact) mass is 488 g/mol. The van der Waals surface area contributed by atoms with E-state index in [1.54, 1.807) is 23.1 Å². The van der Waals surface area contributed by atoms with Crippen molar-refractivity contribution in [1.82, 2.24) is 30.5 Å². The smallest absolute Gasteiger partial charge is 0.417 e. The fraction of sp³-hybridized carbons (Fsp3) is 0.273. The third kappa shape index (κ3) is 6.29. The van der Waals surface area contributed by atoms with Gasteiger partial charge in [-0.3, -0.25) is 0 Å². The lowest BCUT2D eigenvalue weighted by molar-refractivity contribution is 0.142. The fourth-order valence-corrected chi connectivity index (χ4v) is 3.81. The Labute approximate surface area is 201 Å². The van der Waals surface area contributed by atoms with E-state index in [2.05, 4.69) is 25.6 Å². The van der Waals surface area contributed by atoms with Crippen molar-refractivity contribution in [3.05, 3.63) is 58.3 Å². The summed E-state index contributed by atoms with van der Waals surface area (Å²) in [5, 5.41) is 7.32. The molecule has 0 radical (unpaired) electrons. The highest BCUT2D eigenvalue weighted by atomic mass is 35.5. The molecule has 1 aliphatic rings. The largest absolute Gasteiger partial charge is 0.436 e. The third-order valence-corrected chi connectivity index (χ3v) is 5.22. The average Bonchev–Trinajstić information content (AvgIpc) is 2.80. The zero-order valence-electron chi connectivity index (χ0n) is 17.8. The summed E-state index contributed by atoms with van der Waals surface area (Å²) in [6.07, 6.45) is 2.38. The van der Waals surface area contributed by atoms with Crippen LogP contribution in [-0.4, -0.2) is 59.2 Å². The van der Waals surface area contributed by atoms with Crippen LogP contribution in [0.3, 0.4) is 0 Å². The predicted octanol–water partition coefficient (Wildman–Crippen LogP) is 3.76. The number of halogens is 2. The Balaban J connectivity index is 1.50. The number of aromatic nitrogens is 3. The van der Waals surface area contributed by atoms with Crippen LogP contribution in [0.15, 0.2) is 42.7 Å². The van der Waals surface area contributed by atoms with Crippen LogP contribution in [0.4, 0.5) is 4.79 Å². The molecule has 0 bridgehead atoms. The predicted molar refractivity (Wildman–Crippen MR) is 125 cm³/mol. The Kier molecular flexibility index (Phi) is 7.56. The molecule has 172 valence electrons. The van der Waals surface area contributed by atoms with Crippen molar-refractivity contribution in [1.29, 1.82) is 0 Å². The molecule has 1 aliphatic heterocycles. The van der Waals surface area contributed by atoms with Gasteiger partial charge in [0.15, 0.2) is 5.75 Å². The van der Waals surface area contributed by atoms with E-state index in [4.69, 9.17) is 32.7 Å². The zero-order valence-corrected chi connectivity index (χ0v) is 19.4. The van der Waals surface area contributed by atoms with Gasteiger partial charge in [0.1, 0.15) is 0 Å². The third-order valence-electron chi connectivity index (χ3n) is 4.78. The molecular weight excluding hydrogens is 467 g/mol. The molecule has 33 heavy (non-hydrogen) atoms. The number of hydrogen-bond acceptors (Lipinski definition) is 8. The number of carbonyl (C=O) groups excluding carboxylic acids is 1. The molecular formula is C22H22Cl2N6O3. The minimum absolute atomic E-state index is 0.0444. The van der Waals surface area contributed by atoms with Crippen molar-refractivity contribution in [3.63, 3.8) is 0 Å². The van der Waals surface area contributed by atoms with Gasteiger partial charge in [-0.05, 0) is 36.9 Å². The molecule has 3 heterocycles. The summed E-state index contributed by atoms with van der Waals surface area (Å²) in [7, 11) is 1.85. The summed E-state index contributed by atoms with van der Waals surface area (Å²) in [6.45, 7) is 3.22. The second-order valence-electron chi connectivity index (χ2n) is 7.30. The molecule has 1 fully saturated rings. The molecule has 1 aromatic carbocycles. The number of rotatable bonds is 6. The van der Waals surface area contributed by atoms with E-state index < -0.39 is 6.09 Å². The van der Waals surface area contributed by atoms with E-state index >= 15 is 0 Å². The van der Waals surface area contributed by atoms with Gasteiger partial charge < -0.3 is 25.0 Å². The van der Waals surface area contributed by atoms with Gasteiger partial charge >= 0.3 is 12.1 Å². The zero-order chi connectivity index (χ0) is 23.2. The van der Waals surface area contributed by atoms with E-state index in [-0.39, 0.29) is 6.01 Å². The quantitative estimate of drug-likeness (QED) is 0.540. The highest BCUT2D eigenvalue weighted by Crippen LogP contribution is 2.29. The first-order chi connectivity index (χ1) is 16.0. The summed E-state index contributed by atoms with van der Waals surface area (Å²) in [5.74, 6) is 0.698. The van der Waals surface area contributed by atoms with Crippen LogP contribution in [0.1, 0.15) is 5.56 Å². The van der Waals surface area contributed by atoms with E-state index in [0.717, 1.165) is 24.2 Å². The van der Waals surface area contributed by atoms with E-state index in [1.807, 2.05) is 19.2 Å². The molecule has 2 aromatic heterocycles. The molecule has 0 unspecified atom stereocenters. The molecule has 11 heteroatoms. The van der Waals surface area contributed by atoms with Gasteiger partial charge in [-0.15, -0.1) is 0 Å². The van der Waals surface area contributed by atoms with Crippen LogP contribution in [0.5, 0.6) is 17.6 Å². The van der Waals surface area contributed by atoms with Gasteiger partial charge in [-0.25, -0.2) is 9.78 Å². The van der Waals surface area contributed by atoms with Gasteiger partial charge in [-0.2, -0.15) is 9.97 Å². The van der Waals surface area contributed by atoms with Gasteiger partial charge in [0.25, 0.3) is 0 Å². The fourth-order valence-electron chi connectivity index (χ4n) is 3.29. The van der Waals surface area contributed by atoms with Gasteiger partial charge in [0.05, 0.1) is 18.1 Å². The Morgan fingerprint density at radius 2 is 1.79 bits per heavy atom. The van der Waals surface area contributed by atoms with Crippen molar-refractivity contribution in [2.75, 3.05) is 33.2 Å². The first-order valence-corrected chi connectivity index (χ1v) is 11.0. The van der Waals surface area contributed by atoms with Crippen LogP contribution < -0.4 is 20.1 Å². The number of ether oxygens (including phenoxy) is 2. The first-order valence-electron chi connectivity index (χ1n) is 10.3. The van der Waals surface area contributed by atoms with Gasteiger partial charge in [0.2, 0.25) is 5.88 Å². The van der Waals surface area contributed by atoms with Crippen molar-refractivity contribution >= 4 is 29.3 Å². The van der Waals surface area contributed by atoms with Crippen LogP contribution in [0.2, 0.25) is 10.0 Å². The van der Waals surface area contributed by atoms with E-state index in [1.165, 1.54) is 12.4 Å². The van der Waals surface area contributed by atoms with Gasteiger partial charge in [0, 0.05) is 54.4 Å². The Morgan fingerprint density at radius 3 is 2.45 bits per heavy atom. The SMILES string of the molecule is CNCc1cc(Oc2cnc(OC(=O)N3CCNCC3)nc2)nc(-c2cc(Cl)cc(Cl)c2)c1. The lowest BCUT2D eigenvalue weighted by Gasteiger charge is -2.25. The van der Waals surface area contributed by atoms with E-state index in [0.29, 0.717) is 47.0 Å². The maximum atomic E-state index is 12.2. The summed E-state index contributed by atoms with van der Waals surface area (Å²) in [4.78, 5) is 26.5. The molecule has 3 aromatic rings. The number of benzene rings is 1. The molecule has 9 nitrogen and oxygen atoms in total. The number of piperazine rings is 1. The topological polar surface area (TPSA) is 102 Å². The number of nitrogens with one attached hydrogen (secondary N) is 2. The molecule has 0 aliphatic carbocycles. The lowest BCUT2D eigenvalue weighted by atomic mass is 10.1. The molecule has 1 saturated heterocycles. The van der Waals surface area contributed by atoms with Crippen molar-refractivity contribution in [3.8, 4) is 28.9 Å². The lowest BCUT2D eigenvalue weighted by Crippen LogP contribution is -2.47. The number of amides is 1. The number of nitrogens with zero attached hydrogens (tertiary/aromatic N) is 4. The maximum Gasteiger partial charge on any atom is 0.417 e. The molecule has 0 atom stereocenters. The van der Waals surface area contributed by atoms with Crippen LogP contribution in [0, 0.1) is 0 Å². The minimum atomic E-state index is -0.476. The maximum absolute atomic E-state index is 12.2. The standard InChI is InChI=1S/C22H22Cl2N6O3/c1-25-11-14-6-19(15-8-16(23)10-17(24)9-15)29-20(7-14)32-18-12-27-21(28-13-18)33-22(31)30-4-2-26-3-5-30/h6-10,12-13,25-26H,2-5,11H2,1H3. The Bertz CT molecular complexity index is 1100. The molecule has 4 rings (SSSR count). The second-order valence-corrected chi connectivity index (χ2v) is 8.17. The highest BCUT2D eigenvalue weighted by molar-refractivity contribution is 6.35. The van der Waals surface area contributed by atoms with Gasteiger partial charge in [-0.1, -0.05) is 23.2 Å². The highest BCUT2D eigenvalue weighted by Gasteiger charge is 2.19. The summed E-state index contributed by atoms with van der Waals surface area (Å²) < 4.78 is 11.1. The van der Waals surface area contributed by atoms with Crippen molar-refractivity contribution in [2.45, 2.75) is 6.54 Å². The summed E-state index contributed by atoms with van der Waals surface area (Å²) in [5.41, 5.74) is 2.38. The second kappa shape index (κ2) is 10.8. The normalized spacial score (nSPS) is 13.6. The first kappa shape index (κ1) is 23.2. The Morgan fingerprint density at radius 1 is 1.09 bits per heavy atom. The average molecular weight is 489 g/mol. The number of hydrogen-bond donors (Lipinski definition) is 2. The molecule has 0 saturated carbocycles. The van der Waals surface area contributed by atoms with Crippen molar-refractivity contribution in [2.24, 2.45) is 0 Å². The molecule has 2 N–H and O–H groups in total. The van der Waals surface area contributed by atoms with Crippen LogP contribution >= 0.6 is 23.2 Å². The molecule has 0 spiro atoms. The van der Waals surface area contributed by atoms with Crippen molar-refractivity contribution < 1.29 is 14.3 Å². The minimum Gasteiger partial charge on any atom is -0.436 e. The molecule has 1 amide bonds.